The Morgan fingerprint density at radius 1 is 1.32 bits per heavy atom. The van der Waals surface area contributed by atoms with Gasteiger partial charge in [0, 0.05) is 24.5 Å². The third-order valence-corrected chi connectivity index (χ3v) is 5.05. The highest BCUT2D eigenvalue weighted by Crippen LogP contribution is 2.18. The molecule has 0 unspecified atom stereocenters. The average Bonchev–Trinajstić information content (AvgIpc) is 2.61. The lowest BCUT2D eigenvalue weighted by atomic mass is 10.0. The predicted octanol–water partition coefficient (Wildman–Crippen LogP) is 2.43. The Bertz CT molecular complexity index is 760. The van der Waals surface area contributed by atoms with Gasteiger partial charge in [0.2, 0.25) is 0 Å². The summed E-state index contributed by atoms with van der Waals surface area (Å²) in [5, 5.41) is 13.5. The normalized spacial score (nSPS) is 18.4. The molecule has 25 heavy (non-hydrogen) atoms. The van der Waals surface area contributed by atoms with Crippen LogP contribution in [0.5, 0.6) is 0 Å². The van der Waals surface area contributed by atoms with Gasteiger partial charge in [-0.1, -0.05) is 18.1 Å². The molecular formula is C20H27N3O2. The molecule has 1 saturated heterocycles. The SMILES string of the molecule is Cc1ccc2nc(C)c(C(=O)NCCN3CCCC[C@@H]3CO)cc2c1. The quantitative estimate of drug-likeness (QED) is 0.877. The van der Waals surface area contributed by atoms with Crippen LogP contribution in [-0.2, 0) is 0 Å². The fourth-order valence-corrected chi connectivity index (χ4v) is 3.59. The molecule has 0 saturated carbocycles. The molecule has 2 heterocycles. The van der Waals surface area contributed by atoms with Gasteiger partial charge in [0.15, 0.2) is 0 Å². The Kier molecular flexibility index (Phi) is 5.66. The Labute approximate surface area is 149 Å². The summed E-state index contributed by atoms with van der Waals surface area (Å²) in [4.78, 5) is 19.4. The van der Waals surface area contributed by atoms with Crippen molar-refractivity contribution in [3.8, 4) is 0 Å². The summed E-state index contributed by atoms with van der Waals surface area (Å²) in [5.41, 5.74) is 3.46. The van der Waals surface area contributed by atoms with Crippen LogP contribution in [0, 0.1) is 13.8 Å². The van der Waals surface area contributed by atoms with Crippen LogP contribution in [0.15, 0.2) is 24.3 Å². The van der Waals surface area contributed by atoms with E-state index in [-0.39, 0.29) is 18.6 Å². The zero-order valence-electron chi connectivity index (χ0n) is 15.1. The van der Waals surface area contributed by atoms with Crippen LogP contribution in [-0.4, -0.2) is 53.2 Å². The van der Waals surface area contributed by atoms with E-state index in [1.165, 1.54) is 6.42 Å². The molecule has 134 valence electrons. The number of nitrogens with zero attached hydrogens (tertiary/aromatic N) is 2. The molecular weight excluding hydrogens is 314 g/mol. The maximum Gasteiger partial charge on any atom is 0.253 e. The summed E-state index contributed by atoms with van der Waals surface area (Å²) in [5.74, 6) is -0.0778. The number of carbonyl (C=O) groups is 1. The molecule has 1 amide bonds. The van der Waals surface area contributed by atoms with E-state index in [1.54, 1.807) is 0 Å². The minimum absolute atomic E-state index is 0.0778. The predicted molar refractivity (Wildman–Crippen MR) is 99.8 cm³/mol. The maximum atomic E-state index is 12.6. The lowest BCUT2D eigenvalue weighted by Crippen LogP contribution is -2.45. The van der Waals surface area contributed by atoms with Crippen molar-refractivity contribution in [3.05, 3.63) is 41.1 Å². The van der Waals surface area contributed by atoms with Gasteiger partial charge in [-0.3, -0.25) is 14.7 Å². The van der Waals surface area contributed by atoms with Crippen LogP contribution < -0.4 is 5.32 Å². The Morgan fingerprint density at radius 3 is 2.96 bits per heavy atom. The van der Waals surface area contributed by atoms with E-state index in [2.05, 4.69) is 21.3 Å². The van der Waals surface area contributed by atoms with Crippen LogP contribution in [0.1, 0.15) is 40.9 Å². The number of hydrogen-bond acceptors (Lipinski definition) is 4. The molecule has 5 nitrogen and oxygen atoms in total. The fraction of sp³-hybridized carbons (Fsp3) is 0.500. The molecule has 0 radical (unpaired) electrons. The van der Waals surface area contributed by atoms with Crippen molar-refractivity contribution in [2.45, 2.75) is 39.2 Å². The molecule has 1 aromatic heterocycles. The van der Waals surface area contributed by atoms with Crippen molar-refractivity contribution in [2.24, 2.45) is 0 Å². The monoisotopic (exact) mass is 341 g/mol. The lowest BCUT2D eigenvalue weighted by molar-refractivity contribution is 0.0849. The number of hydrogen-bond donors (Lipinski definition) is 2. The van der Waals surface area contributed by atoms with Gasteiger partial charge in [0.05, 0.1) is 23.4 Å². The molecule has 1 aliphatic heterocycles. The fourth-order valence-electron chi connectivity index (χ4n) is 3.59. The Balaban J connectivity index is 1.64. The first-order chi connectivity index (χ1) is 12.1. The average molecular weight is 341 g/mol. The molecule has 1 atom stereocenters. The van der Waals surface area contributed by atoms with Crippen LogP contribution in [0.3, 0.4) is 0 Å². The molecule has 2 aromatic rings. The molecule has 1 aliphatic rings. The summed E-state index contributed by atoms with van der Waals surface area (Å²) < 4.78 is 0. The van der Waals surface area contributed by atoms with Crippen molar-refractivity contribution in [1.82, 2.24) is 15.2 Å². The first-order valence-corrected chi connectivity index (χ1v) is 9.09. The van der Waals surface area contributed by atoms with Gasteiger partial charge in [-0.2, -0.15) is 0 Å². The van der Waals surface area contributed by atoms with E-state index >= 15 is 0 Å². The van der Waals surface area contributed by atoms with Gasteiger partial charge in [-0.05, 0) is 51.4 Å². The second kappa shape index (κ2) is 7.93. The third-order valence-electron chi connectivity index (χ3n) is 5.05. The third kappa shape index (κ3) is 4.17. The molecule has 1 aromatic carbocycles. The van der Waals surface area contributed by atoms with Gasteiger partial charge in [-0.15, -0.1) is 0 Å². The summed E-state index contributed by atoms with van der Waals surface area (Å²) >= 11 is 0. The van der Waals surface area contributed by atoms with E-state index < -0.39 is 0 Å². The standard InChI is InChI=1S/C20H27N3O2/c1-14-6-7-19-16(11-14)12-18(15(2)22-19)20(25)21-8-10-23-9-4-3-5-17(23)13-24/h6-7,11-12,17,24H,3-5,8-10,13H2,1-2H3,(H,21,25)/t17-/m1/s1. The highest BCUT2D eigenvalue weighted by atomic mass is 16.3. The zero-order valence-corrected chi connectivity index (χ0v) is 15.1. The maximum absolute atomic E-state index is 12.6. The van der Waals surface area contributed by atoms with Gasteiger partial charge < -0.3 is 10.4 Å². The Morgan fingerprint density at radius 2 is 2.16 bits per heavy atom. The number of rotatable bonds is 5. The number of nitrogens with one attached hydrogen (secondary N) is 1. The number of likely N-dealkylation sites (tertiary alicyclic amines) is 1. The highest BCUT2D eigenvalue weighted by molar-refractivity contribution is 5.98. The number of piperidine rings is 1. The molecule has 0 spiro atoms. The second-order valence-corrected chi connectivity index (χ2v) is 6.94. The number of carbonyl (C=O) groups excluding carboxylic acids is 1. The summed E-state index contributed by atoms with van der Waals surface area (Å²) in [6.07, 6.45) is 3.38. The van der Waals surface area contributed by atoms with E-state index in [9.17, 15) is 9.90 Å². The van der Waals surface area contributed by atoms with E-state index in [1.807, 2.05) is 32.0 Å². The highest BCUT2D eigenvalue weighted by Gasteiger charge is 2.21. The number of amides is 1. The van der Waals surface area contributed by atoms with Gasteiger partial charge in [-0.25, -0.2) is 0 Å². The van der Waals surface area contributed by atoms with Crippen LogP contribution in [0.4, 0.5) is 0 Å². The smallest absolute Gasteiger partial charge is 0.253 e. The minimum atomic E-state index is -0.0778. The molecule has 1 fully saturated rings. The van der Waals surface area contributed by atoms with E-state index in [4.69, 9.17) is 0 Å². The largest absolute Gasteiger partial charge is 0.395 e. The lowest BCUT2D eigenvalue weighted by Gasteiger charge is -2.34. The van der Waals surface area contributed by atoms with Crippen molar-refractivity contribution in [3.63, 3.8) is 0 Å². The van der Waals surface area contributed by atoms with Gasteiger partial charge in [0.1, 0.15) is 0 Å². The van der Waals surface area contributed by atoms with Crippen molar-refractivity contribution in [1.29, 1.82) is 0 Å². The minimum Gasteiger partial charge on any atom is -0.395 e. The molecule has 2 N–H and O–H groups in total. The zero-order chi connectivity index (χ0) is 17.8. The Hall–Kier alpha value is -1.98. The van der Waals surface area contributed by atoms with Crippen LogP contribution in [0.25, 0.3) is 10.9 Å². The molecule has 3 rings (SSSR count). The van der Waals surface area contributed by atoms with E-state index in [0.29, 0.717) is 12.1 Å². The number of aromatic nitrogens is 1. The number of benzene rings is 1. The summed E-state index contributed by atoms with van der Waals surface area (Å²) in [6, 6.07) is 8.24. The molecule has 0 bridgehead atoms. The first-order valence-electron chi connectivity index (χ1n) is 9.09. The van der Waals surface area contributed by atoms with Crippen molar-refractivity contribution < 1.29 is 9.90 Å². The summed E-state index contributed by atoms with van der Waals surface area (Å²) in [7, 11) is 0. The van der Waals surface area contributed by atoms with E-state index in [0.717, 1.165) is 48.1 Å². The van der Waals surface area contributed by atoms with Gasteiger partial charge in [0.25, 0.3) is 5.91 Å². The first kappa shape index (κ1) is 17.8. The van der Waals surface area contributed by atoms with Gasteiger partial charge >= 0.3 is 0 Å². The van der Waals surface area contributed by atoms with Crippen molar-refractivity contribution in [2.75, 3.05) is 26.2 Å². The second-order valence-electron chi connectivity index (χ2n) is 6.94. The van der Waals surface area contributed by atoms with Crippen LogP contribution >= 0.6 is 0 Å². The van der Waals surface area contributed by atoms with Crippen LogP contribution in [0.2, 0.25) is 0 Å². The number of pyridine rings is 1. The molecule has 5 heteroatoms. The number of aliphatic hydroxyl groups is 1. The number of fused-ring (bicyclic) bond motifs is 1. The number of aliphatic hydroxyl groups excluding tert-OH is 1. The van der Waals surface area contributed by atoms with Crippen molar-refractivity contribution >= 4 is 16.8 Å². The topological polar surface area (TPSA) is 65.5 Å². The number of aryl methyl sites for hydroxylation is 2. The summed E-state index contributed by atoms with van der Waals surface area (Å²) in [6.45, 7) is 6.46. The molecule has 0 aliphatic carbocycles.